The molecule has 0 aliphatic heterocycles. The van der Waals surface area contributed by atoms with Gasteiger partial charge in [-0.2, -0.15) is 18.3 Å². The van der Waals surface area contributed by atoms with E-state index in [9.17, 15) is 18.3 Å². The molecular weight excluding hydrogens is 305 g/mol. The minimum Gasteiger partial charge on any atom is -0.508 e. The van der Waals surface area contributed by atoms with E-state index in [4.69, 9.17) is 0 Å². The quantitative estimate of drug-likeness (QED) is 0.716. The molecule has 0 radical (unpaired) electrons. The zero-order valence-corrected chi connectivity index (χ0v) is 12.0. The van der Waals surface area contributed by atoms with Crippen molar-refractivity contribution >= 4 is 10.9 Å². The number of aromatic nitrogens is 2. The van der Waals surface area contributed by atoms with E-state index in [0.29, 0.717) is 16.6 Å². The Morgan fingerprint density at radius 1 is 1.13 bits per heavy atom. The Kier molecular flexibility index (Phi) is 3.60. The molecule has 0 fully saturated rings. The number of fused-ring (bicyclic) bond motifs is 1. The van der Waals surface area contributed by atoms with E-state index in [1.54, 1.807) is 18.2 Å². The summed E-state index contributed by atoms with van der Waals surface area (Å²) in [5.41, 5.74) is 0.375. The van der Waals surface area contributed by atoms with Gasteiger partial charge in [-0.3, -0.25) is 4.68 Å². The molecule has 3 rings (SSSR count). The van der Waals surface area contributed by atoms with E-state index in [-0.39, 0.29) is 17.8 Å². The highest BCUT2D eigenvalue weighted by molar-refractivity contribution is 5.95. The monoisotopic (exact) mass is 318 g/mol. The van der Waals surface area contributed by atoms with Crippen molar-refractivity contribution in [2.45, 2.75) is 12.7 Å². The second-order valence-electron chi connectivity index (χ2n) is 5.07. The van der Waals surface area contributed by atoms with Crippen LogP contribution in [0.2, 0.25) is 0 Å². The number of allylic oxidation sites excluding steroid dienone is 1. The smallest absolute Gasteiger partial charge is 0.418 e. The molecule has 0 amide bonds. The molecule has 2 aromatic carbocycles. The third kappa shape index (κ3) is 2.67. The van der Waals surface area contributed by atoms with Gasteiger partial charge in [0.05, 0.1) is 17.6 Å². The van der Waals surface area contributed by atoms with Gasteiger partial charge in [-0.25, -0.2) is 0 Å². The standard InChI is InChI=1S/C17H13F3N2O/c1-2-10-22-16-13(4-3-5-14(16)17(18,19)20)15(21-22)11-6-8-12(23)9-7-11/h2-9,23H,1,10H2. The number of alkyl halides is 3. The van der Waals surface area contributed by atoms with Gasteiger partial charge in [0, 0.05) is 10.9 Å². The number of hydrogen-bond acceptors (Lipinski definition) is 2. The number of hydrogen-bond donors (Lipinski definition) is 1. The minimum atomic E-state index is -4.47. The average molecular weight is 318 g/mol. The molecule has 0 saturated carbocycles. The topological polar surface area (TPSA) is 38.0 Å². The van der Waals surface area contributed by atoms with Crippen molar-refractivity contribution in [3.8, 4) is 17.0 Å². The highest BCUT2D eigenvalue weighted by Crippen LogP contribution is 2.38. The zero-order chi connectivity index (χ0) is 16.6. The molecule has 6 heteroatoms. The number of aromatic hydroxyl groups is 1. The van der Waals surface area contributed by atoms with Crippen molar-refractivity contribution in [2.75, 3.05) is 0 Å². The molecule has 118 valence electrons. The first-order valence-corrected chi connectivity index (χ1v) is 6.89. The van der Waals surface area contributed by atoms with Crippen LogP contribution in [0.3, 0.4) is 0 Å². The van der Waals surface area contributed by atoms with Gasteiger partial charge in [0.25, 0.3) is 0 Å². The number of phenols is 1. The highest BCUT2D eigenvalue weighted by atomic mass is 19.4. The number of nitrogens with zero attached hydrogens (tertiary/aromatic N) is 2. The van der Waals surface area contributed by atoms with Crippen molar-refractivity contribution in [2.24, 2.45) is 0 Å². The molecule has 0 unspecified atom stereocenters. The molecule has 0 bridgehead atoms. The molecule has 0 aliphatic rings. The van der Waals surface area contributed by atoms with Crippen LogP contribution in [0.4, 0.5) is 13.2 Å². The number of rotatable bonds is 3. The van der Waals surface area contributed by atoms with Gasteiger partial charge in [-0.05, 0) is 30.3 Å². The van der Waals surface area contributed by atoms with Gasteiger partial charge in [-0.1, -0.05) is 18.2 Å². The number of phenolic OH excluding ortho intramolecular Hbond substituents is 1. The molecule has 1 heterocycles. The Labute approximate surface area is 130 Å². The summed E-state index contributed by atoms with van der Waals surface area (Å²) < 4.78 is 41.2. The summed E-state index contributed by atoms with van der Waals surface area (Å²) in [5.74, 6) is 0.0829. The largest absolute Gasteiger partial charge is 0.508 e. The summed E-state index contributed by atoms with van der Waals surface area (Å²) in [4.78, 5) is 0. The summed E-state index contributed by atoms with van der Waals surface area (Å²) in [6.07, 6.45) is -2.97. The van der Waals surface area contributed by atoms with E-state index in [2.05, 4.69) is 11.7 Å². The first-order valence-electron chi connectivity index (χ1n) is 6.89. The molecule has 3 aromatic rings. The molecule has 0 saturated heterocycles. The van der Waals surface area contributed by atoms with Crippen LogP contribution >= 0.6 is 0 Å². The number of para-hydroxylation sites is 1. The van der Waals surface area contributed by atoms with E-state index in [1.165, 1.54) is 29.0 Å². The summed E-state index contributed by atoms with van der Waals surface area (Å²) in [6.45, 7) is 3.74. The molecule has 3 nitrogen and oxygen atoms in total. The second-order valence-corrected chi connectivity index (χ2v) is 5.07. The molecule has 0 aliphatic carbocycles. The van der Waals surface area contributed by atoms with Crippen LogP contribution < -0.4 is 0 Å². The third-order valence-corrected chi connectivity index (χ3v) is 3.52. The summed E-state index contributed by atoms with van der Waals surface area (Å²) in [5, 5.41) is 14.1. The first kappa shape index (κ1) is 15.1. The Morgan fingerprint density at radius 2 is 1.83 bits per heavy atom. The highest BCUT2D eigenvalue weighted by Gasteiger charge is 2.34. The molecule has 0 spiro atoms. The van der Waals surface area contributed by atoms with E-state index < -0.39 is 11.7 Å². The SMILES string of the molecule is C=CCn1nc(-c2ccc(O)cc2)c2cccc(C(F)(F)F)c21. The van der Waals surface area contributed by atoms with Gasteiger partial charge < -0.3 is 5.11 Å². The van der Waals surface area contributed by atoms with Crippen LogP contribution in [-0.4, -0.2) is 14.9 Å². The molecule has 0 atom stereocenters. The number of benzene rings is 2. The van der Waals surface area contributed by atoms with Gasteiger partial charge >= 0.3 is 6.18 Å². The second kappa shape index (κ2) is 5.46. The van der Waals surface area contributed by atoms with Crippen molar-refractivity contribution in [3.63, 3.8) is 0 Å². The van der Waals surface area contributed by atoms with Crippen molar-refractivity contribution < 1.29 is 18.3 Å². The van der Waals surface area contributed by atoms with Crippen LogP contribution in [0.15, 0.2) is 55.1 Å². The maximum atomic E-state index is 13.3. The minimum absolute atomic E-state index is 0.0305. The van der Waals surface area contributed by atoms with Gasteiger partial charge in [-0.15, -0.1) is 6.58 Å². The summed E-state index contributed by atoms with van der Waals surface area (Å²) in [6, 6.07) is 10.2. The van der Waals surface area contributed by atoms with Crippen molar-refractivity contribution in [1.82, 2.24) is 9.78 Å². The van der Waals surface area contributed by atoms with Crippen LogP contribution in [-0.2, 0) is 12.7 Å². The van der Waals surface area contributed by atoms with Crippen LogP contribution in [0.5, 0.6) is 5.75 Å². The summed E-state index contributed by atoms with van der Waals surface area (Å²) >= 11 is 0. The predicted octanol–water partition coefficient (Wildman–Crippen LogP) is 4.61. The maximum Gasteiger partial charge on any atom is 0.418 e. The third-order valence-electron chi connectivity index (χ3n) is 3.52. The van der Waals surface area contributed by atoms with Gasteiger partial charge in [0.2, 0.25) is 0 Å². The molecular formula is C17H13F3N2O. The Bertz CT molecular complexity index is 864. The van der Waals surface area contributed by atoms with E-state index in [0.717, 1.165) is 6.07 Å². The summed E-state index contributed by atoms with van der Waals surface area (Å²) in [7, 11) is 0. The zero-order valence-electron chi connectivity index (χ0n) is 12.0. The van der Waals surface area contributed by atoms with Crippen LogP contribution in [0.25, 0.3) is 22.2 Å². The molecule has 1 aromatic heterocycles. The normalized spacial score (nSPS) is 11.8. The first-order chi connectivity index (χ1) is 10.9. The average Bonchev–Trinajstić information content (AvgIpc) is 2.86. The van der Waals surface area contributed by atoms with Crippen LogP contribution in [0.1, 0.15) is 5.56 Å². The lowest BCUT2D eigenvalue weighted by molar-refractivity contribution is -0.136. The van der Waals surface area contributed by atoms with E-state index >= 15 is 0 Å². The lowest BCUT2D eigenvalue weighted by atomic mass is 10.0. The fourth-order valence-corrected chi connectivity index (χ4v) is 2.55. The molecule has 23 heavy (non-hydrogen) atoms. The fraction of sp³-hybridized carbons (Fsp3) is 0.118. The van der Waals surface area contributed by atoms with Crippen molar-refractivity contribution in [3.05, 3.63) is 60.7 Å². The lowest BCUT2D eigenvalue weighted by Gasteiger charge is -2.09. The van der Waals surface area contributed by atoms with Crippen molar-refractivity contribution in [1.29, 1.82) is 0 Å². The van der Waals surface area contributed by atoms with E-state index in [1.807, 2.05) is 0 Å². The predicted molar refractivity (Wildman–Crippen MR) is 82.0 cm³/mol. The number of halogens is 3. The Morgan fingerprint density at radius 3 is 2.43 bits per heavy atom. The lowest BCUT2D eigenvalue weighted by Crippen LogP contribution is -2.09. The molecule has 1 N–H and O–H groups in total. The fourth-order valence-electron chi connectivity index (χ4n) is 2.55. The Balaban J connectivity index is 2.32. The maximum absolute atomic E-state index is 13.3. The Hall–Kier alpha value is -2.76. The van der Waals surface area contributed by atoms with Crippen LogP contribution in [0, 0.1) is 0 Å². The van der Waals surface area contributed by atoms with Gasteiger partial charge in [0.15, 0.2) is 0 Å². The van der Waals surface area contributed by atoms with Gasteiger partial charge in [0.1, 0.15) is 11.4 Å².